The number of ether oxygens (including phenoxy) is 3. The van der Waals surface area contributed by atoms with E-state index >= 15 is 0 Å². The molecular formula is C13H17NO3. The van der Waals surface area contributed by atoms with Crippen molar-refractivity contribution in [1.82, 2.24) is 5.32 Å². The van der Waals surface area contributed by atoms with Crippen LogP contribution in [0.2, 0.25) is 0 Å². The van der Waals surface area contributed by atoms with Crippen molar-refractivity contribution in [2.45, 2.75) is 13.5 Å². The topological polar surface area (TPSA) is 39.7 Å². The van der Waals surface area contributed by atoms with E-state index in [0.717, 1.165) is 37.8 Å². The first-order valence-corrected chi connectivity index (χ1v) is 5.92. The molecule has 1 N–H and O–H groups in total. The summed E-state index contributed by atoms with van der Waals surface area (Å²) in [5.41, 5.74) is 1.54. The van der Waals surface area contributed by atoms with E-state index in [2.05, 4.69) is 18.3 Å². The van der Waals surface area contributed by atoms with Gasteiger partial charge in [-0.2, -0.15) is 0 Å². The third-order valence-electron chi connectivity index (χ3n) is 3.22. The van der Waals surface area contributed by atoms with Crippen LogP contribution >= 0.6 is 0 Å². The summed E-state index contributed by atoms with van der Waals surface area (Å²) >= 11 is 0. The second kappa shape index (κ2) is 4.20. The van der Waals surface area contributed by atoms with E-state index in [4.69, 9.17) is 14.2 Å². The van der Waals surface area contributed by atoms with Gasteiger partial charge >= 0.3 is 0 Å². The van der Waals surface area contributed by atoms with Gasteiger partial charge in [-0.05, 0) is 17.7 Å². The lowest BCUT2D eigenvalue weighted by molar-refractivity contribution is -0.0991. The van der Waals surface area contributed by atoms with Crippen molar-refractivity contribution >= 4 is 0 Å². The first-order chi connectivity index (χ1) is 8.25. The third-order valence-corrected chi connectivity index (χ3v) is 3.22. The summed E-state index contributed by atoms with van der Waals surface area (Å²) < 4.78 is 15.9. The van der Waals surface area contributed by atoms with Crippen LogP contribution in [0, 0.1) is 5.41 Å². The van der Waals surface area contributed by atoms with Gasteiger partial charge in [-0.25, -0.2) is 0 Å². The van der Waals surface area contributed by atoms with Crippen LogP contribution in [0.3, 0.4) is 0 Å². The summed E-state index contributed by atoms with van der Waals surface area (Å²) in [4.78, 5) is 0. The number of rotatable bonds is 4. The fourth-order valence-corrected chi connectivity index (χ4v) is 2.11. The van der Waals surface area contributed by atoms with E-state index in [1.807, 2.05) is 12.1 Å². The van der Waals surface area contributed by atoms with Crippen LogP contribution < -0.4 is 14.8 Å². The molecule has 4 nitrogen and oxygen atoms in total. The molecule has 2 heterocycles. The van der Waals surface area contributed by atoms with E-state index in [-0.39, 0.29) is 0 Å². The smallest absolute Gasteiger partial charge is 0.231 e. The molecule has 3 rings (SSSR count). The number of fused-ring (bicyclic) bond motifs is 1. The summed E-state index contributed by atoms with van der Waals surface area (Å²) in [6.45, 7) is 6.14. The molecule has 0 saturated carbocycles. The Bertz CT molecular complexity index is 415. The van der Waals surface area contributed by atoms with E-state index in [9.17, 15) is 0 Å². The SMILES string of the molecule is CC1(CNCc2ccc3c(c2)OCO3)COC1. The monoisotopic (exact) mass is 235 g/mol. The molecule has 0 spiro atoms. The van der Waals surface area contributed by atoms with Crippen LogP contribution in [0.15, 0.2) is 18.2 Å². The van der Waals surface area contributed by atoms with Crippen molar-refractivity contribution in [2.75, 3.05) is 26.6 Å². The van der Waals surface area contributed by atoms with Gasteiger partial charge in [-0.15, -0.1) is 0 Å². The average molecular weight is 235 g/mol. The molecule has 92 valence electrons. The maximum atomic E-state index is 5.35. The van der Waals surface area contributed by atoms with Crippen molar-refractivity contribution in [3.8, 4) is 11.5 Å². The highest BCUT2D eigenvalue weighted by Gasteiger charge is 2.32. The molecule has 0 amide bonds. The van der Waals surface area contributed by atoms with Crippen LogP contribution in [0.25, 0.3) is 0 Å². The number of nitrogens with one attached hydrogen (secondary N) is 1. The van der Waals surface area contributed by atoms with Crippen LogP contribution in [0.1, 0.15) is 12.5 Å². The molecule has 0 unspecified atom stereocenters. The Kier molecular flexibility index (Phi) is 2.68. The Labute approximate surface area is 101 Å². The van der Waals surface area contributed by atoms with Gasteiger partial charge in [0.15, 0.2) is 11.5 Å². The van der Waals surface area contributed by atoms with E-state index in [1.54, 1.807) is 0 Å². The number of hydrogen-bond donors (Lipinski definition) is 1. The van der Waals surface area contributed by atoms with Gasteiger partial charge in [-0.3, -0.25) is 0 Å². The zero-order valence-electron chi connectivity index (χ0n) is 9.99. The Morgan fingerprint density at radius 2 is 2.06 bits per heavy atom. The second-order valence-corrected chi connectivity index (χ2v) is 5.09. The minimum absolute atomic E-state index is 0.316. The molecule has 0 aromatic heterocycles. The molecule has 1 aromatic rings. The van der Waals surface area contributed by atoms with Crippen molar-refractivity contribution in [1.29, 1.82) is 0 Å². The maximum Gasteiger partial charge on any atom is 0.231 e. The predicted octanol–water partition coefficient (Wildman–Crippen LogP) is 1.54. The van der Waals surface area contributed by atoms with Gasteiger partial charge in [0, 0.05) is 18.5 Å². The third kappa shape index (κ3) is 2.23. The largest absolute Gasteiger partial charge is 0.454 e. The summed E-state index contributed by atoms with van der Waals surface area (Å²) in [5.74, 6) is 1.69. The molecule has 1 aromatic carbocycles. The molecule has 4 heteroatoms. The van der Waals surface area contributed by atoms with Gasteiger partial charge < -0.3 is 19.5 Å². The number of hydrogen-bond acceptors (Lipinski definition) is 4. The minimum Gasteiger partial charge on any atom is -0.454 e. The van der Waals surface area contributed by atoms with Crippen molar-refractivity contribution < 1.29 is 14.2 Å². The lowest BCUT2D eigenvalue weighted by Crippen LogP contribution is -2.47. The predicted molar refractivity (Wildman–Crippen MR) is 63.2 cm³/mol. The molecule has 2 aliphatic heterocycles. The van der Waals surface area contributed by atoms with Gasteiger partial charge in [0.05, 0.1) is 13.2 Å². The van der Waals surface area contributed by atoms with Crippen LogP contribution in [0.4, 0.5) is 0 Å². The van der Waals surface area contributed by atoms with Gasteiger partial charge in [-0.1, -0.05) is 13.0 Å². The molecule has 0 aliphatic carbocycles. The fourth-order valence-electron chi connectivity index (χ4n) is 2.11. The lowest BCUT2D eigenvalue weighted by atomic mass is 9.89. The molecule has 0 atom stereocenters. The van der Waals surface area contributed by atoms with Gasteiger partial charge in [0.1, 0.15) is 0 Å². The summed E-state index contributed by atoms with van der Waals surface area (Å²) in [6, 6.07) is 6.07. The van der Waals surface area contributed by atoms with Crippen LogP contribution in [0.5, 0.6) is 11.5 Å². The summed E-state index contributed by atoms with van der Waals surface area (Å²) in [5, 5.41) is 3.46. The zero-order valence-corrected chi connectivity index (χ0v) is 9.99. The van der Waals surface area contributed by atoms with E-state index < -0.39 is 0 Å². The Balaban J connectivity index is 1.54. The average Bonchev–Trinajstić information content (AvgIpc) is 2.74. The second-order valence-electron chi connectivity index (χ2n) is 5.09. The highest BCUT2D eigenvalue weighted by Crippen LogP contribution is 2.32. The standard InChI is InChI=1S/C13H17NO3/c1-13(7-15-8-13)6-14-5-10-2-3-11-12(4-10)17-9-16-11/h2-4,14H,5-9H2,1H3. The van der Waals surface area contributed by atoms with Gasteiger partial charge in [0.25, 0.3) is 0 Å². The van der Waals surface area contributed by atoms with Gasteiger partial charge in [0.2, 0.25) is 6.79 Å². The van der Waals surface area contributed by atoms with E-state index in [0.29, 0.717) is 12.2 Å². The fraction of sp³-hybridized carbons (Fsp3) is 0.538. The first kappa shape index (κ1) is 10.9. The van der Waals surface area contributed by atoms with Crippen molar-refractivity contribution in [2.24, 2.45) is 5.41 Å². The van der Waals surface area contributed by atoms with Crippen LogP contribution in [-0.4, -0.2) is 26.6 Å². The first-order valence-electron chi connectivity index (χ1n) is 5.92. The zero-order chi connectivity index (χ0) is 11.7. The van der Waals surface area contributed by atoms with E-state index in [1.165, 1.54) is 5.56 Å². The highest BCUT2D eigenvalue weighted by molar-refractivity contribution is 5.44. The Hall–Kier alpha value is -1.26. The Morgan fingerprint density at radius 1 is 1.24 bits per heavy atom. The normalized spacial score (nSPS) is 20.1. The molecule has 2 aliphatic rings. The molecule has 1 fully saturated rings. The molecule has 17 heavy (non-hydrogen) atoms. The van der Waals surface area contributed by atoms with Crippen LogP contribution in [-0.2, 0) is 11.3 Å². The molecule has 0 radical (unpaired) electrons. The summed E-state index contributed by atoms with van der Waals surface area (Å²) in [7, 11) is 0. The maximum absolute atomic E-state index is 5.35. The van der Waals surface area contributed by atoms with Crippen molar-refractivity contribution in [3.63, 3.8) is 0 Å². The molecular weight excluding hydrogens is 218 g/mol. The molecule has 1 saturated heterocycles. The lowest BCUT2D eigenvalue weighted by Gasteiger charge is -2.38. The summed E-state index contributed by atoms with van der Waals surface area (Å²) in [6.07, 6.45) is 0. The highest BCUT2D eigenvalue weighted by atomic mass is 16.7. The van der Waals surface area contributed by atoms with Crippen molar-refractivity contribution in [3.05, 3.63) is 23.8 Å². The quantitative estimate of drug-likeness (QED) is 0.859. The number of benzene rings is 1. The molecule has 0 bridgehead atoms. The Morgan fingerprint density at radius 3 is 2.82 bits per heavy atom. The minimum atomic E-state index is 0.316.